The number of aliphatic hydroxyl groups excluding tert-OH is 1. The van der Waals surface area contributed by atoms with Crippen molar-refractivity contribution in [2.75, 3.05) is 0 Å². The Morgan fingerprint density at radius 3 is 3.00 bits per heavy atom. The summed E-state index contributed by atoms with van der Waals surface area (Å²) < 4.78 is 2.77. The normalized spacial score (nSPS) is 13.0. The monoisotopic (exact) mass is 286 g/mol. The number of aryl methyl sites for hydroxylation is 1. The van der Waals surface area contributed by atoms with E-state index < -0.39 is 6.10 Å². The molecule has 2 aromatic rings. The molecule has 3 nitrogen and oxygen atoms in total. The van der Waals surface area contributed by atoms with Gasteiger partial charge in [0.15, 0.2) is 0 Å². The van der Waals surface area contributed by atoms with Crippen LogP contribution in [0.1, 0.15) is 16.7 Å². The summed E-state index contributed by atoms with van der Waals surface area (Å²) in [5.74, 6) is 0. The van der Waals surface area contributed by atoms with Crippen molar-refractivity contribution >= 4 is 27.3 Å². The van der Waals surface area contributed by atoms with Crippen LogP contribution in [0.4, 0.5) is 0 Å². The molecule has 2 rings (SSSR count). The Balaban J connectivity index is 2.10. The Hall–Kier alpha value is -0.650. The maximum atomic E-state index is 9.98. The van der Waals surface area contributed by atoms with E-state index in [4.69, 9.17) is 0 Å². The zero-order valence-corrected chi connectivity index (χ0v) is 10.6. The van der Waals surface area contributed by atoms with Gasteiger partial charge in [0.25, 0.3) is 0 Å². The molecule has 5 heteroatoms. The van der Waals surface area contributed by atoms with Crippen molar-refractivity contribution in [2.45, 2.75) is 12.5 Å². The van der Waals surface area contributed by atoms with Crippen molar-refractivity contribution in [3.63, 3.8) is 0 Å². The van der Waals surface area contributed by atoms with Gasteiger partial charge in [-0.25, -0.2) is 0 Å². The number of aromatic nitrogens is 2. The average molecular weight is 287 g/mol. The van der Waals surface area contributed by atoms with Gasteiger partial charge in [-0.1, -0.05) is 0 Å². The molecular weight excluding hydrogens is 276 g/mol. The van der Waals surface area contributed by atoms with Gasteiger partial charge in [0.2, 0.25) is 0 Å². The predicted molar refractivity (Wildman–Crippen MR) is 63.9 cm³/mol. The van der Waals surface area contributed by atoms with Crippen molar-refractivity contribution in [3.05, 3.63) is 38.8 Å². The lowest BCUT2D eigenvalue weighted by Gasteiger charge is -2.09. The van der Waals surface area contributed by atoms with Crippen LogP contribution in [0, 0.1) is 0 Å². The van der Waals surface area contributed by atoms with Gasteiger partial charge < -0.3 is 5.11 Å². The molecule has 1 atom stereocenters. The molecular formula is C10H11BrN2OS. The van der Waals surface area contributed by atoms with Gasteiger partial charge in [-0.3, -0.25) is 4.68 Å². The molecule has 0 bridgehead atoms. The van der Waals surface area contributed by atoms with E-state index in [1.165, 1.54) is 0 Å². The van der Waals surface area contributed by atoms with Crippen LogP contribution < -0.4 is 0 Å². The van der Waals surface area contributed by atoms with Crippen molar-refractivity contribution in [3.8, 4) is 0 Å². The minimum Gasteiger partial charge on any atom is -0.386 e. The summed E-state index contributed by atoms with van der Waals surface area (Å²) in [6.45, 7) is 0. The molecule has 15 heavy (non-hydrogen) atoms. The third-order valence-corrected chi connectivity index (χ3v) is 3.94. The standard InChI is InChI=1S/C10H11BrN2OS/c1-13-9(2-3-12-13)10(14)5-8-4-7(11)6-15-8/h2-4,6,10,14H,5H2,1H3. The second kappa shape index (κ2) is 4.47. The predicted octanol–water partition coefficient (Wildman–Crippen LogP) is 2.52. The summed E-state index contributed by atoms with van der Waals surface area (Å²) in [5.41, 5.74) is 0.847. The summed E-state index contributed by atoms with van der Waals surface area (Å²) in [6.07, 6.45) is 1.85. The zero-order valence-electron chi connectivity index (χ0n) is 8.22. The number of hydrogen-bond acceptors (Lipinski definition) is 3. The highest BCUT2D eigenvalue weighted by Crippen LogP contribution is 2.25. The highest BCUT2D eigenvalue weighted by atomic mass is 79.9. The lowest BCUT2D eigenvalue weighted by atomic mass is 10.1. The van der Waals surface area contributed by atoms with Gasteiger partial charge in [0, 0.05) is 34.4 Å². The smallest absolute Gasteiger partial charge is 0.100 e. The third-order valence-electron chi connectivity index (χ3n) is 2.22. The summed E-state index contributed by atoms with van der Waals surface area (Å²) in [5, 5.41) is 16.0. The van der Waals surface area contributed by atoms with E-state index in [1.807, 2.05) is 24.6 Å². The van der Waals surface area contributed by atoms with Crippen LogP contribution in [0.2, 0.25) is 0 Å². The van der Waals surface area contributed by atoms with Crippen molar-refractivity contribution in [1.82, 2.24) is 9.78 Å². The Bertz CT molecular complexity index is 452. The van der Waals surface area contributed by atoms with E-state index in [2.05, 4.69) is 21.0 Å². The zero-order chi connectivity index (χ0) is 10.8. The number of hydrogen-bond donors (Lipinski definition) is 1. The fourth-order valence-corrected chi connectivity index (χ4v) is 2.96. The SMILES string of the molecule is Cn1nccc1C(O)Cc1cc(Br)cs1. The van der Waals surface area contributed by atoms with Gasteiger partial charge in [0.1, 0.15) is 6.10 Å². The van der Waals surface area contributed by atoms with Crippen molar-refractivity contribution < 1.29 is 5.11 Å². The van der Waals surface area contributed by atoms with E-state index in [9.17, 15) is 5.11 Å². The van der Waals surface area contributed by atoms with Gasteiger partial charge in [-0.2, -0.15) is 5.10 Å². The molecule has 1 N–H and O–H groups in total. The van der Waals surface area contributed by atoms with Gasteiger partial charge in [-0.05, 0) is 28.1 Å². The highest BCUT2D eigenvalue weighted by molar-refractivity contribution is 9.10. The Kier molecular flexibility index (Phi) is 3.23. The lowest BCUT2D eigenvalue weighted by Crippen LogP contribution is -2.07. The summed E-state index contributed by atoms with van der Waals surface area (Å²) >= 11 is 5.04. The molecule has 0 spiro atoms. The van der Waals surface area contributed by atoms with Crippen LogP contribution in [0.3, 0.4) is 0 Å². The molecule has 0 amide bonds. The first-order valence-electron chi connectivity index (χ1n) is 4.55. The minimum absolute atomic E-state index is 0.483. The number of aliphatic hydroxyl groups is 1. The Labute approximate surface area is 100 Å². The van der Waals surface area contributed by atoms with Gasteiger partial charge >= 0.3 is 0 Å². The van der Waals surface area contributed by atoms with Crippen LogP contribution in [0.15, 0.2) is 28.2 Å². The topological polar surface area (TPSA) is 38.0 Å². The average Bonchev–Trinajstić information content (AvgIpc) is 2.75. The summed E-state index contributed by atoms with van der Waals surface area (Å²) in [4.78, 5) is 1.16. The maximum Gasteiger partial charge on any atom is 0.100 e. The number of nitrogens with zero attached hydrogens (tertiary/aromatic N) is 2. The first-order chi connectivity index (χ1) is 7.16. The summed E-state index contributed by atoms with van der Waals surface area (Å²) in [6, 6.07) is 3.87. The van der Waals surface area contributed by atoms with Crippen LogP contribution in [-0.4, -0.2) is 14.9 Å². The molecule has 0 saturated carbocycles. The fourth-order valence-electron chi connectivity index (χ4n) is 1.47. The lowest BCUT2D eigenvalue weighted by molar-refractivity contribution is 0.169. The van der Waals surface area contributed by atoms with E-state index in [-0.39, 0.29) is 0 Å². The van der Waals surface area contributed by atoms with Gasteiger partial charge in [-0.15, -0.1) is 11.3 Å². The number of rotatable bonds is 3. The Morgan fingerprint density at radius 1 is 1.67 bits per heavy atom. The minimum atomic E-state index is -0.483. The second-order valence-electron chi connectivity index (χ2n) is 3.33. The Morgan fingerprint density at radius 2 is 2.47 bits per heavy atom. The van der Waals surface area contributed by atoms with E-state index in [0.29, 0.717) is 6.42 Å². The summed E-state index contributed by atoms with van der Waals surface area (Å²) in [7, 11) is 1.84. The first kappa shape index (κ1) is 10.9. The quantitative estimate of drug-likeness (QED) is 0.942. The number of halogens is 1. The molecule has 1 unspecified atom stereocenters. The number of thiophene rings is 1. The molecule has 0 aliphatic rings. The maximum absolute atomic E-state index is 9.98. The van der Waals surface area contributed by atoms with E-state index in [1.54, 1.807) is 22.2 Å². The molecule has 0 aliphatic heterocycles. The van der Waals surface area contributed by atoms with E-state index in [0.717, 1.165) is 15.0 Å². The molecule has 0 aliphatic carbocycles. The molecule has 0 saturated heterocycles. The first-order valence-corrected chi connectivity index (χ1v) is 6.23. The van der Waals surface area contributed by atoms with E-state index >= 15 is 0 Å². The molecule has 2 heterocycles. The molecule has 0 radical (unpaired) electrons. The largest absolute Gasteiger partial charge is 0.386 e. The fraction of sp³-hybridized carbons (Fsp3) is 0.300. The molecule has 2 aromatic heterocycles. The van der Waals surface area contributed by atoms with Crippen LogP contribution in [-0.2, 0) is 13.5 Å². The van der Waals surface area contributed by atoms with Crippen LogP contribution in [0.5, 0.6) is 0 Å². The van der Waals surface area contributed by atoms with Crippen molar-refractivity contribution in [1.29, 1.82) is 0 Å². The van der Waals surface area contributed by atoms with Crippen molar-refractivity contribution in [2.24, 2.45) is 7.05 Å². The van der Waals surface area contributed by atoms with Crippen LogP contribution >= 0.6 is 27.3 Å². The highest BCUT2D eigenvalue weighted by Gasteiger charge is 2.13. The third kappa shape index (κ3) is 2.48. The van der Waals surface area contributed by atoms with Gasteiger partial charge in [0.05, 0.1) is 5.69 Å². The van der Waals surface area contributed by atoms with Crippen LogP contribution in [0.25, 0.3) is 0 Å². The second-order valence-corrected chi connectivity index (χ2v) is 5.24. The molecule has 0 fully saturated rings. The molecule has 0 aromatic carbocycles. The molecule has 80 valence electrons.